The number of likely N-dealkylation sites (N-methyl/N-ethyl adjacent to an activating group) is 1. The first-order valence-electron chi connectivity index (χ1n) is 10.0. The highest BCUT2D eigenvalue weighted by Crippen LogP contribution is 2.19. The van der Waals surface area contributed by atoms with Crippen LogP contribution in [0.25, 0.3) is 22.1 Å². The molecular weight excluding hydrogens is 392 g/mol. The van der Waals surface area contributed by atoms with E-state index < -0.39 is 0 Å². The number of aromatic nitrogens is 6. The molecule has 0 saturated heterocycles. The molecule has 4 rings (SSSR count). The number of hydrogen-bond acceptors (Lipinski definition) is 7. The molecule has 31 heavy (non-hydrogen) atoms. The predicted octanol–water partition coefficient (Wildman–Crippen LogP) is 1.39. The number of anilines is 1. The van der Waals surface area contributed by atoms with Crippen LogP contribution in [0.15, 0.2) is 41.5 Å². The quantitative estimate of drug-likeness (QED) is 0.473. The zero-order chi connectivity index (χ0) is 22.0. The Bertz CT molecular complexity index is 1360. The first-order chi connectivity index (χ1) is 15.0. The fourth-order valence-corrected chi connectivity index (χ4v) is 3.54. The molecule has 0 saturated carbocycles. The molecule has 1 atom stereocenters. The van der Waals surface area contributed by atoms with Crippen LogP contribution in [-0.2, 0) is 13.1 Å². The lowest BCUT2D eigenvalue weighted by Crippen LogP contribution is -2.34. The first kappa shape index (κ1) is 20.5. The maximum atomic E-state index is 13.3. The van der Waals surface area contributed by atoms with Gasteiger partial charge in [-0.25, -0.2) is 14.6 Å². The van der Waals surface area contributed by atoms with Gasteiger partial charge >= 0.3 is 0 Å². The molecule has 1 unspecified atom stereocenters. The summed E-state index contributed by atoms with van der Waals surface area (Å²) in [7, 11) is 1.90. The number of nitrogens with zero attached hydrogens (tertiary/aromatic N) is 7. The van der Waals surface area contributed by atoms with E-state index in [0.717, 1.165) is 16.7 Å². The van der Waals surface area contributed by atoms with E-state index in [4.69, 9.17) is 5.73 Å². The van der Waals surface area contributed by atoms with Crippen molar-refractivity contribution >= 4 is 28.0 Å². The number of hydrogen-bond donors (Lipinski definition) is 1. The molecule has 4 heterocycles. The molecule has 9 nitrogen and oxygen atoms in total. The summed E-state index contributed by atoms with van der Waals surface area (Å²) >= 11 is 0. The van der Waals surface area contributed by atoms with Gasteiger partial charge in [0, 0.05) is 25.8 Å². The zero-order valence-corrected chi connectivity index (χ0v) is 17.8. The fraction of sp³-hybridized carbons (Fsp3) is 0.318. The Balaban J connectivity index is 1.79. The van der Waals surface area contributed by atoms with Gasteiger partial charge in [0.1, 0.15) is 11.0 Å². The van der Waals surface area contributed by atoms with Crippen molar-refractivity contribution in [1.82, 2.24) is 29.3 Å². The summed E-state index contributed by atoms with van der Waals surface area (Å²) in [5.74, 6) is 6.56. The molecule has 0 aliphatic heterocycles. The minimum absolute atomic E-state index is 0.0428. The average Bonchev–Trinajstić information content (AvgIpc) is 3.13. The van der Waals surface area contributed by atoms with Crippen LogP contribution in [0.2, 0.25) is 0 Å². The van der Waals surface area contributed by atoms with Crippen molar-refractivity contribution in [1.29, 1.82) is 0 Å². The van der Waals surface area contributed by atoms with Crippen LogP contribution in [0, 0.1) is 11.8 Å². The van der Waals surface area contributed by atoms with Crippen molar-refractivity contribution in [2.75, 3.05) is 18.5 Å². The number of pyridine rings is 2. The highest BCUT2D eigenvalue weighted by atomic mass is 16.1. The maximum Gasteiger partial charge on any atom is 0.293 e. The predicted molar refractivity (Wildman–Crippen MR) is 121 cm³/mol. The molecule has 0 fully saturated rings. The maximum absolute atomic E-state index is 13.3. The van der Waals surface area contributed by atoms with Crippen molar-refractivity contribution in [3.05, 3.63) is 52.7 Å². The smallest absolute Gasteiger partial charge is 0.293 e. The molecule has 0 amide bonds. The summed E-state index contributed by atoms with van der Waals surface area (Å²) < 4.78 is 3.23. The van der Waals surface area contributed by atoms with Crippen LogP contribution in [0.1, 0.15) is 19.5 Å². The van der Waals surface area contributed by atoms with Gasteiger partial charge in [0.2, 0.25) is 5.95 Å². The van der Waals surface area contributed by atoms with Crippen molar-refractivity contribution in [2.24, 2.45) is 5.73 Å². The van der Waals surface area contributed by atoms with Gasteiger partial charge in [0.25, 0.3) is 5.56 Å². The molecule has 2 N–H and O–H groups in total. The number of nitrogens with two attached hydrogens (primary N) is 1. The first-order valence-corrected chi connectivity index (χ1v) is 10.0. The Morgan fingerprint density at radius 1 is 1.19 bits per heavy atom. The van der Waals surface area contributed by atoms with Crippen LogP contribution in [0.4, 0.5) is 5.95 Å². The third kappa shape index (κ3) is 4.11. The highest BCUT2D eigenvalue weighted by molar-refractivity contribution is 5.77. The molecule has 158 valence electrons. The van der Waals surface area contributed by atoms with Crippen molar-refractivity contribution in [3.8, 4) is 11.8 Å². The lowest BCUT2D eigenvalue weighted by atomic mass is 10.3. The second kappa shape index (κ2) is 8.53. The summed E-state index contributed by atoms with van der Waals surface area (Å²) in [5, 5.41) is 4.33. The van der Waals surface area contributed by atoms with Crippen LogP contribution in [0.3, 0.4) is 0 Å². The van der Waals surface area contributed by atoms with Gasteiger partial charge in [0.05, 0.1) is 36.0 Å². The zero-order valence-electron chi connectivity index (χ0n) is 17.8. The standard InChI is InChI=1S/C22H24N8O/c1-4-5-11-29-20-19(27-22(29)28(3)13-15(2)23)12-25-30(21(20)31)14-16-8-9-17-18(26-16)7-6-10-24-17/h6-10,12,15H,11,13-14,23H2,1-3H3. The fourth-order valence-electron chi connectivity index (χ4n) is 3.54. The van der Waals surface area contributed by atoms with Crippen molar-refractivity contribution in [2.45, 2.75) is 33.0 Å². The van der Waals surface area contributed by atoms with E-state index in [1.165, 1.54) is 4.68 Å². The third-order valence-corrected chi connectivity index (χ3v) is 4.87. The van der Waals surface area contributed by atoms with Gasteiger partial charge in [-0.2, -0.15) is 5.10 Å². The molecule has 0 aliphatic rings. The molecule has 0 radical (unpaired) electrons. The van der Waals surface area contributed by atoms with Gasteiger partial charge in [-0.05, 0) is 38.1 Å². The Hall–Kier alpha value is -3.77. The van der Waals surface area contributed by atoms with Crippen LogP contribution < -0.4 is 16.2 Å². The Labute approximate surface area is 179 Å². The molecule has 4 aromatic heterocycles. The number of rotatable bonds is 6. The van der Waals surface area contributed by atoms with E-state index in [1.807, 2.05) is 47.7 Å². The summed E-state index contributed by atoms with van der Waals surface area (Å²) in [4.78, 5) is 28.8. The summed E-state index contributed by atoms with van der Waals surface area (Å²) in [5.41, 5.74) is 9.02. The van der Waals surface area contributed by atoms with E-state index in [2.05, 4.69) is 31.9 Å². The van der Waals surface area contributed by atoms with Gasteiger partial charge in [0.15, 0.2) is 0 Å². The molecule has 0 bridgehead atoms. The van der Waals surface area contributed by atoms with Gasteiger partial charge in [-0.15, -0.1) is 5.92 Å². The van der Waals surface area contributed by atoms with E-state index >= 15 is 0 Å². The lowest BCUT2D eigenvalue weighted by Gasteiger charge is -2.20. The Morgan fingerprint density at radius 2 is 2.03 bits per heavy atom. The third-order valence-electron chi connectivity index (χ3n) is 4.87. The van der Waals surface area contributed by atoms with Gasteiger partial charge in [-0.3, -0.25) is 14.3 Å². The molecule has 0 spiro atoms. The molecule has 0 aromatic carbocycles. The molecular formula is C22H24N8O. The average molecular weight is 416 g/mol. The molecule has 0 aliphatic carbocycles. The van der Waals surface area contributed by atoms with Crippen molar-refractivity contribution in [3.63, 3.8) is 0 Å². The topological polar surface area (TPSA) is 108 Å². The van der Waals surface area contributed by atoms with Crippen LogP contribution >= 0.6 is 0 Å². The number of imidazole rings is 1. The second-order valence-corrected chi connectivity index (χ2v) is 7.47. The van der Waals surface area contributed by atoms with Gasteiger partial charge in [-0.1, -0.05) is 5.92 Å². The van der Waals surface area contributed by atoms with Crippen molar-refractivity contribution < 1.29 is 0 Å². The monoisotopic (exact) mass is 416 g/mol. The molecule has 9 heteroatoms. The molecule has 4 aromatic rings. The summed E-state index contributed by atoms with van der Waals surface area (Å²) in [6.45, 7) is 4.89. The van der Waals surface area contributed by atoms with E-state index in [-0.39, 0.29) is 18.1 Å². The van der Waals surface area contributed by atoms with Gasteiger partial charge < -0.3 is 10.6 Å². The summed E-state index contributed by atoms with van der Waals surface area (Å²) in [6.07, 6.45) is 3.34. The van der Waals surface area contributed by atoms with Crippen LogP contribution in [-0.4, -0.2) is 48.9 Å². The largest absolute Gasteiger partial charge is 0.344 e. The van der Waals surface area contributed by atoms with E-state index in [0.29, 0.717) is 30.1 Å². The minimum Gasteiger partial charge on any atom is -0.344 e. The lowest BCUT2D eigenvalue weighted by molar-refractivity contribution is 0.632. The number of fused-ring (bicyclic) bond motifs is 2. The normalized spacial score (nSPS) is 12.0. The second-order valence-electron chi connectivity index (χ2n) is 7.47. The SMILES string of the molecule is CC#CCn1c(N(C)CC(C)N)nc2cnn(Cc3ccc4ncccc4n3)c(=O)c21. The van der Waals surface area contributed by atoms with E-state index in [9.17, 15) is 4.79 Å². The highest BCUT2D eigenvalue weighted by Gasteiger charge is 2.19. The van der Waals surface area contributed by atoms with E-state index in [1.54, 1.807) is 19.3 Å². The minimum atomic E-state index is -0.239. The Kier molecular flexibility index (Phi) is 5.64. The summed E-state index contributed by atoms with van der Waals surface area (Å²) in [6, 6.07) is 7.44. The Morgan fingerprint density at radius 3 is 2.81 bits per heavy atom. The van der Waals surface area contributed by atoms with Crippen LogP contribution in [0.5, 0.6) is 0 Å².